The second-order valence-electron chi connectivity index (χ2n) is 3.87. The van der Waals surface area contributed by atoms with Crippen molar-refractivity contribution in [1.82, 2.24) is 9.55 Å². The number of rotatable bonds is 4. The number of hydrogen-bond donors (Lipinski definition) is 1. The van der Waals surface area contributed by atoms with Crippen LogP contribution in [0.25, 0.3) is 0 Å². The minimum atomic E-state index is -1.11. The summed E-state index contributed by atoms with van der Waals surface area (Å²) < 4.78 is 1.53. The summed E-state index contributed by atoms with van der Waals surface area (Å²) in [6, 6.07) is 4.58. The first-order valence-electron chi connectivity index (χ1n) is 5.79. The normalized spacial score (nSPS) is 10.5. The Balaban J connectivity index is 2.38. The molecule has 0 amide bonds. The number of aromatic carboxylic acids is 1. The van der Waals surface area contributed by atoms with Crippen LogP contribution in [-0.4, -0.2) is 20.6 Å². The summed E-state index contributed by atoms with van der Waals surface area (Å²) in [5.41, 5.74) is -0.199. The summed E-state index contributed by atoms with van der Waals surface area (Å²) >= 11 is 6.92. The molecule has 1 heterocycles. The fourth-order valence-corrected chi connectivity index (χ4v) is 2.64. The quantitative estimate of drug-likeness (QED) is 0.940. The molecule has 0 aliphatic heterocycles. The van der Waals surface area contributed by atoms with Gasteiger partial charge in [-0.2, -0.15) is 0 Å². The van der Waals surface area contributed by atoms with E-state index in [-0.39, 0.29) is 16.1 Å². The maximum absolute atomic E-state index is 12.0. The zero-order valence-corrected chi connectivity index (χ0v) is 12.1. The molecule has 0 saturated carbocycles. The first-order valence-corrected chi connectivity index (χ1v) is 6.98. The Labute approximate surface area is 124 Å². The van der Waals surface area contributed by atoms with Gasteiger partial charge < -0.3 is 9.67 Å². The molecule has 0 bridgehead atoms. The van der Waals surface area contributed by atoms with E-state index in [9.17, 15) is 9.59 Å². The van der Waals surface area contributed by atoms with Crippen molar-refractivity contribution in [3.05, 3.63) is 51.5 Å². The fraction of sp³-hybridized carbons (Fsp3) is 0.154. The Kier molecular flexibility index (Phi) is 4.46. The van der Waals surface area contributed by atoms with Gasteiger partial charge in [0.15, 0.2) is 5.03 Å². The molecule has 2 aromatic rings. The maximum Gasteiger partial charge on any atom is 0.337 e. The summed E-state index contributed by atoms with van der Waals surface area (Å²) in [5.74, 6) is -1.11. The molecule has 104 valence electrons. The lowest BCUT2D eigenvalue weighted by molar-refractivity contribution is 0.0697. The van der Waals surface area contributed by atoms with Crippen molar-refractivity contribution >= 4 is 29.3 Å². The van der Waals surface area contributed by atoms with Gasteiger partial charge in [0, 0.05) is 23.8 Å². The molecule has 5 nitrogen and oxygen atoms in total. The third-order valence-electron chi connectivity index (χ3n) is 2.61. The molecule has 0 radical (unpaired) electrons. The molecular weight excluding hydrogens is 300 g/mol. The molecule has 0 aliphatic rings. The molecule has 1 aromatic carbocycles. The lowest BCUT2D eigenvalue weighted by Crippen LogP contribution is -2.20. The minimum absolute atomic E-state index is 0.00316. The van der Waals surface area contributed by atoms with Gasteiger partial charge in [0.2, 0.25) is 0 Å². The maximum atomic E-state index is 12.0. The summed E-state index contributed by atoms with van der Waals surface area (Å²) in [6.07, 6.45) is 3.15. The SMILES string of the molecule is CCn1ccnc(Sc2ccc(Cl)c(C(=O)O)c2)c1=O. The van der Waals surface area contributed by atoms with Crippen LogP contribution < -0.4 is 5.56 Å². The van der Waals surface area contributed by atoms with E-state index in [2.05, 4.69) is 4.98 Å². The molecule has 1 N–H and O–H groups in total. The molecule has 20 heavy (non-hydrogen) atoms. The number of carboxylic acids is 1. The monoisotopic (exact) mass is 310 g/mol. The van der Waals surface area contributed by atoms with Crippen LogP contribution in [0.3, 0.4) is 0 Å². The van der Waals surface area contributed by atoms with Crippen LogP contribution in [-0.2, 0) is 6.54 Å². The van der Waals surface area contributed by atoms with Crippen LogP contribution in [0.1, 0.15) is 17.3 Å². The largest absolute Gasteiger partial charge is 0.478 e. The third kappa shape index (κ3) is 3.02. The molecule has 0 atom stereocenters. The Morgan fingerprint density at radius 3 is 2.90 bits per heavy atom. The average molecular weight is 311 g/mol. The number of nitrogens with zero attached hydrogens (tertiary/aromatic N) is 2. The average Bonchev–Trinajstić information content (AvgIpc) is 2.43. The van der Waals surface area contributed by atoms with E-state index in [1.807, 2.05) is 6.92 Å². The van der Waals surface area contributed by atoms with Crippen molar-refractivity contribution in [2.45, 2.75) is 23.4 Å². The van der Waals surface area contributed by atoms with Crippen molar-refractivity contribution in [1.29, 1.82) is 0 Å². The highest BCUT2D eigenvalue weighted by Crippen LogP contribution is 2.27. The van der Waals surface area contributed by atoms with Crippen LogP contribution in [0.15, 0.2) is 45.3 Å². The zero-order valence-electron chi connectivity index (χ0n) is 10.5. The predicted octanol–water partition coefficient (Wildman–Crippen LogP) is 2.77. The molecule has 0 unspecified atom stereocenters. The van der Waals surface area contributed by atoms with Crippen LogP contribution in [0.4, 0.5) is 0 Å². The number of halogens is 1. The Bertz CT molecular complexity index is 715. The van der Waals surface area contributed by atoms with E-state index in [0.29, 0.717) is 16.5 Å². The molecule has 1 aromatic heterocycles. The van der Waals surface area contributed by atoms with E-state index in [1.54, 1.807) is 18.5 Å². The summed E-state index contributed by atoms with van der Waals surface area (Å²) in [5, 5.41) is 9.48. The number of aryl methyl sites for hydroxylation is 1. The van der Waals surface area contributed by atoms with Crippen molar-refractivity contribution in [3.8, 4) is 0 Å². The second kappa shape index (κ2) is 6.11. The third-order valence-corrected chi connectivity index (χ3v) is 3.90. The molecule has 7 heteroatoms. The van der Waals surface area contributed by atoms with E-state index in [4.69, 9.17) is 16.7 Å². The standard InChI is InChI=1S/C13H11ClN2O3S/c1-2-16-6-5-15-11(12(16)17)20-8-3-4-10(14)9(7-8)13(18)19/h3-7H,2H2,1H3,(H,18,19). The number of benzene rings is 1. The van der Waals surface area contributed by atoms with Gasteiger partial charge in [-0.1, -0.05) is 23.4 Å². The van der Waals surface area contributed by atoms with Crippen LogP contribution in [0.2, 0.25) is 5.02 Å². The zero-order chi connectivity index (χ0) is 14.7. The Morgan fingerprint density at radius 2 is 2.25 bits per heavy atom. The van der Waals surface area contributed by atoms with Crippen molar-refractivity contribution < 1.29 is 9.90 Å². The first-order chi connectivity index (χ1) is 9.52. The van der Waals surface area contributed by atoms with Crippen LogP contribution in [0.5, 0.6) is 0 Å². The Hall–Kier alpha value is -1.79. The number of hydrogen-bond acceptors (Lipinski definition) is 4. The van der Waals surface area contributed by atoms with Gasteiger partial charge in [0.1, 0.15) is 0 Å². The van der Waals surface area contributed by atoms with Gasteiger partial charge in [-0.05, 0) is 25.1 Å². The van der Waals surface area contributed by atoms with Crippen molar-refractivity contribution in [2.75, 3.05) is 0 Å². The molecule has 0 aliphatic carbocycles. The molecule has 0 spiro atoms. The van der Waals surface area contributed by atoms with Gasteiger partial charge in [-0.25, -0.2) is 9.78 Å². The summed E-state index contributed by atoms with van der Waals surface area (Å²) in [7, 11) is 0. The van der Waals surface area contributed by atoms with Gasteiger partial charge >= 0.3 is 5.97 Å². The summed E-state index contributed by atoms with van der Waals surface area (Å²) in [6.45, 7) is 2.41. The molecule has 0 saturated heterocycles. The van der Waals surface area contributed by atoms with Crippen molar-refractivity contribution in [3.63, 3.8) is 0 Å². The Morgan fingerprint density at radius 1 is 1.50 bits per heavy atom. The molecular formula is C13H11ClN2O3S. The predicted molar refractivity (Wildman–Crippen MR) is 76.7 cm³/mol. The van der Waals surface area contributed by atoms with Crippen LogP contribution >= 0.6 is 23.4 Å². The highest BCUT2D eigenvalue weighted by Gasteiger charge is 2.12. The highest BCUT2D eigenvalue weighted by atomic mass is 35.5. The highest BCUT2D eigenvalue weighted by molar-refractivity contribution is 7.99. The number of carboxylic acid groups (broad SMARTS) is 1. The number of carbonyl (C=O) groups is 1. The van der Waals surface area contributed by atoms with Crippen LogP contribution in [0, 0.1) is 0 Å². The topological polar surface area (TPSA) is 72.2 Å². The van der Waals surface area contributed by atoms with Gasteiger partial charge in [-0.3, -0.25) is 4.79 Å². The molecule has 0 fully saturated rings. The fourth-order valence-electron chi connectivity index (χ4n) is 1.59. The van der Waals surface area contributed by atoms with Gasteiger partial charge in [-0.15, -0.1) is 0 Å². The van der Waals surface area contributed by atoms with E-state index >= 15 is 0 Å². The smallest absolute Gasteiger partial charge is 0.337 e. The van der Waals surface area contributed by atoms with Gasteiger partial charge in [0.05, 0.1) is 10.6 Å². The number of aromatic nitrogens is 2. The lowest BCUT2D eigenvalue weighted by Gasteiger charge is -2.05. The minimum Gasteiger partial charge on any atom is -0.478 e. The lowest BCUT2D eigenvalue weighted by atomic mass is 10.2. The van der Waals surface area contributed by atoms with E-state index < -0.39 is 5.97 Å². The second-order valence-corrected chi connectivity index (χ2v) is 5.34. The van der Waals surface area contributed by atoms with E-state index in [1.165, 1.54) is 16.7 Å². The molecule has 2 rings (SSSR count). The van der Waals surface area contributed by atoms with E-state index in [0.717, 1.165) is 11.8 Å². The summed E-state index contributed by atoms with van der Waals surface area (Å²) in [4.78, 5) is 27.7. The van der Waals surface area contributed by atoms with Gasteiger partial charge in [0.25, 0.3) is 5.56 Å². The van der Waals surface area contributed by atoms with Crippen molar-refractivity contribution in [2.24, 2.45) is 0 Å². The first kappa shape index (κ1) is 14.6.